The number of ether oxygens (including phenoxy) is 1. The number of aliphatic imine (C=N–C) groups is 1. The maximum absolute atomic E-state index is 11.8. The minimum absolute atomic E-state index is 0.323. The summed E-state index contributed by atoms with van der Waals surface area (Å²) in [5.74, 6) is 1.06. The summed E-state index contributed by atoms with van der Waals surface area (Å²) in [6.45, 7) is 9.88. The molecule has 0 aliphatic heterocycles. The molecular formula is C16H26N4O2. The molecule has 1 amide bonds. The maximum Gasteiger partial charge on any atom is 0.413 e. The van der Waals surface area contributed by atoms with Gasteiger partial charge in [0, 0.05) is 19.3 Å². The smallest absolute Gasteiger partial charge is 0.413 e. The highest BCUT2D eigenvalue weighted by Crippen LogP contribution is 2.10. The van der Waals surface area contributed by atoms with Crippen molar-refractivity contribution in [3.05, 3.63) is 23.9 Å². The van der Waals surface area contributed by atoms with E-state index in [1.54, 1.807) is 13.1 Å². The summed E-state index contributed by atoms with van der Waals surface area (Å²) in [5.41, 5.74) is 1.07. The third kappa shape index (κ3) is 6.11. The SMILES string of the molecule is CCCN(CCC)C(=Nc1cc(C)ccn1)NC(=O)OCC. The highest BCUT2D eigenvalue weighted by Gasteiger charge is 2.14. The normalized spacial score (nSPS) is 11.2. The molecule has 6 nitrogen and oxygen atoms in total. The Balaban J connectivity index is 3.04. The Morgan fingerprint density at radius 2 is 2.00 bits per heavy atom. The fraction of sp³-hybridized carbons (Fsp3) is 0.562. The summed E-state index contributed by atoms with van der Waals surface area (Å²) in [7, 11) is 0. The average Bonchev–Trinajstić information content (AvgIpc) is 2.47. The molecule has 6 heteroatoms. The molecule has 0 fully saturated rings. The molecule has 0 saturated heterocycles. The molecule has 122 valence electrons. The second kappa shape index (κ2) is 9.76. The Bertz CT molecular complexity index is 497. The lowest BCUT2D eigenvalue weighted by Gasteiger charge is -2.25. The predicted molar refractivity (Wildman–Crippen MR) is 88.4 cm³/mol. The van der Waals surface area contributed by atoms with E-state index in [0.717, 1.165) is 31.5 Å². The second-order valence-corrected chi connectivity index (χ2v) is 4.96. The molecule has 0 aliphatic rings. The number of nitrogens with one attached hydrogen (secondary N) is 1. The van der Waals surface area contributed by atoms with E-state index in [-0.39, 0.29) is 0 Å². The number of aryl methyl sites for hydroxylation is 1. The second-order valence-electron chi connectivity index (χ2n) is 4.96. The number of aromatic nitrogens is 1. The van der Waals surface area contributed by atoms with Gasteiger partial charge in [0.1, 0.15) is 0 Å². The molecule has 0 saturated carbocycles. The first-order valence-electron chi connectivity index (χ1n) is 7.80. The van der Waals surface area contributed by atoms with Crippen LogP contribution in [-0.2, 0) is 4.74 Å². The number of guanidine groups is 1. The van der Waals surface area contributed by atoms with Crippen molar-refractivity contribution in [1.82, 2.24) is 15.2 Å². The summed E-state index contributed by atoms with van der Waals surface area (Å²) in [6.07, 6.45) is 3.14. The minimum atomic E-state index is -0.494. The quantitative estimate of drug-likeness (QED) is 0.647. The molecular weight excluding hydrogens is 280 g/mol. The van der Waals surface area contributed by atoms with Crippen molar-refractivity contribution < 1.29 is 9.53 Å². The van der Waals surface area contributed by atoms with Crippen LogP contribution in [0.1, 0.15) is 39.2 Å². The lowest BCUT2D eigenvalue weighted by molar-refractivity contribution is 0.156. The number of amides is 1. The van der Waals surface area contributed by atoms with E-state index in [4.69, 9.17) is 4.74 Å². The van der Waals surface area contributed by atoms with Gasteiger partial charge in [-0.05, 0) is 44.4 Å². The van der Waals surface area contributed by atoms with Gasteiger partial charge in [0.25, 0.3) is 0 Å². The monoisotopic (exact) mass is 306 g/mol. The first-order chi connectivity index (χ1) is 10.6. The van der Waals surface area contributed by atoms with Gasteiger partial charge in [0.05, 0.1) is 6.61 Å². The van der Waals surface area contributed by atoms with Gasteiger partial charge in [-0.25, -0.2) is 9.78 Å². The lowest BCUT2D eigenvalue weighted by Crippen LogP contribution is -2.45. The van der Waals surface area contributed by atoms with Gasteiger partial charge in [-0.3, -0.25) is 5.32 Å². The minimum Gasteiger partial charge on any atom is -0.450 e. The fourth-order valence-corrected chi connectivity index (χ4v) is 1.99. The van der Waals surface area contributed by atoms with Crippen molar-refractivity contribution in [2.75, 3.05) is 19.7 Å². The zero-order chi connectivity index (χ0) is 16.4. The molecule has 0 aliphatic carbocycles. The van der Waals surface area contributed by atoms with Crippen LogP contribution in [0.25, 0.3) is 0 Å². The van der Waals surface area contributed by atoms with E-state index >= 15 is 0 Å². The van der Waals surface area contributed by atoms with E-state index < -0.39 is 6.09 Å². The first kappa shape index (κ1) is 17.9. The maximum atomic E-state index is 11.8. The van der Waals surface area contributed by atoms with Crippen molar-refractivity contribution in [1.29, 1.82) is 0 Å². The van der Waals surface area contributed by atoms with Crippen LogP contribution in [0.2, 0.25) is 0 Å². The molecule has 22 heavy (non-hydrogen) atoms. The Labute approximate surface area is 132 Å². The molecule has 0 unspecified atom stereocenters. The van der Waals surface area contributed by atoms with E-state index in [9.17, 15) is 4.79 Å². The summed E-state index contributed by atoms with van der Waals surface area (Å²) in [6, 6.07) is 3.79. The van der Waals surface area contributed by atoms with E-state index in [0.29, 0.717) is 18.4 Å². The van der Waals surface area contributed by atoms with Crippen molar-refractivity contribution in [3.8, 4) is 0 Å². The van der Waals surface area contributed by atoms with Crippen LogP contribution in [-0.4, -0.2) is 41.6 Å². The Morgan fingerprint density at radius 3 is 2.55 bits per heavy atom. The highest BCUT2D eigenvalue weighted by atomic mass is 16.5. The Morgan fingerprint density at radius 1 is 1.32 bits per heavy atom. The van der Waals surface area contributed by atoms with Crippen molar-refractivity contribution >= 4 is 17.9 Å². The molecule has 1 aromatic heterocycles. The van der Waals surface area contributed by atoms with Crippen molar-refractivity contribution in [2.24, 2.45) is 4.99 Å². The van der Waals surface area contributed by atoms with Gasteiger partial charge in [0.2, 0.25) is 5.96 Å². The van der Waals surface area contributed by atoms with Gasteiger partial charge in [-0.15, -0.1) is 0 Å². The number of pyridine rings is 1. The Hall–Kier alpha value is -2.11. The third-order valence-corrected chi connectivity index (χ3v) is 2.90. The zero-order valence-corrected chi connectivity index (χ0v) is 13.9. The number of carbonyl (C=O) groups is 1. The summed E-state index contributed by atoms with van der Waals surface area (Å²) < 4.78 is 4.96. The van der Waals surface area contributed by atoms with Gasteiger partial charge in [-0.2, -0.15) is 4.99 Å². The number of rotatable bonds is 6. The fourth-order valence-electron chi connectivity index (χ4n) is 1.99. The van der Waals surface area contributed by atoms with E-state index in [2.05, 4.69) is 29.1 Å². The zero-order valence-electron chi connectivity index (χ0n) is 13.9. The number of alkyl carbamates (subject to hydrolysis) is 1. The van der Waals surface area contributed by atoms with Crippen LogP contribution in [0.5, 0.6) is 0 Å². The summed E-state index contributed by atoms with van der Waals surface area (Å²) in [5, 5.41) is 2.73. The summed E-state index contributed by atoms with van der Waals surface area (Å²) >= 11 is 0. The number of carbonyl (C=O) groups excluding carboxylic acids is 1. The lowest BCUT2D eigenvalue weighted by atomic mass is 10.3. The standard InChI is InChI=1S/C16H26N4O2/c1-5-10-20(11-6-2)15(19-16(21)22-7-3)18-14-12-13(4)8-9-17-14/h8-9,12H,5-7,10-11H2,1-4H3,(H,17,18,19,21). The molecule has 0 spiro atoms. The molecule has 0 radical (unpaired) electrons. The topological polar surface area (TPSA) is 66.8 Å². The van der Waals surface area contributed by atoms with Crippen LogP contribution in [0.3, 0.4) is 0 Å². The van der Waals surface area contributed by atoms with Crippen LogP contribution < -0.4 is 5.32 Å². The molecule has 0 aromatic carbocycles. The molecule has 0 bridgehead atoms. The number of hydrogen-bond acceptors (Lipinski definition) is 4. The van der Waals surface area contributed by atoms with Crippen LogP contribution in [0, 0.1) is 6.92 Å². The molecule has 1 aromatic rings. The number of hydrogen-bond donors (Lipinski definition) is 1. The Kier molecular flexibility index (Phi) is 7.96. The van der Waals surface area contributed by atoms with Crippen molar-refractivity contribution in [3.63, 3.8) is 0 Å². The molecule has 1 heterocycles. The van der Waals surface area contributed by atoms with Crippen molar-refractivity contribution in [2.45, 2.75) is 40.5 Å². The largest absolute Gasteiger partial charge is 0.450 e. The molecule has 0 atom stereocenters. The highest BCUT2D eigenvalue weighted by molar-refractivity contribution is 5.95. The van der Waals surface area contributed by atoms with E-state index in [1.807, 2.05) is 24.0 Å². The van der Waals surface area contributed by atoms with Crippen LogP contribution in [0.15, 0.2) is 23.3 Å². The van der Waals surface area contributed by atoms with Gasteiger partial charge in [0.15, 0.2) is 5.82 Å². The van der Waals surface area contributed by atoms with Gasteiger partial charge < -0.3 is 9.64 Å². The number of nitrogens with zero attached hydrogens (tertiary/aromatic N) is 3. The molecule has 1 rings (SSSR count). The van der Waals surface area contributed by atoms with Crippen LogP contribution in [0.4, 0.5) is 10.6 Å². The van der Waals surface area contributed by atoms with E-state index in [1.165, 1.54) is 0 Å². The average molecular weight is 306 g/mol. The predicted octanol–water partition coefficient (Wildman–Crippen LogP) is 3.25. The molecule has 1 N–H and O–H groups in total. The van der Waals surface area contributed by atoms with Crippen LogP contribution >= 0.6 is 0 Å². The van der Waals surface area contributed by atoms with Gasteiger partial charge >= 0.3 is 6.09 Å². The van der Waals surface area contributed by atoms with Gasteiger partial charge in [-0.1, -0.05) is 13.8 Å². The first-order valence-corrected chi connectivity index (χ1v) is 7.80. The summed E-state index contributed by atoms with van der Waals surface area (Å²) in [4.78, 5) is 22.5. The third-order valence-electron chi connectivity index (χ3n) is 2.90.